The SMILES string of the molecule is CCCCC/C=C\C/C=C\C/C=C\C/C=C\CCCCCC(=O)OC(/C=C/CCCCCCCCCCCC)C(COP(=O)(O)OCC[N+](C)(C)C)NC(=O)CCCCCCCCC/C=C\C/C=C\CCCCC. The van der Waals surface area contributed by atoms with E-state index in [4.69, 9.17) is 13.8 Å². The van der Waals surface area contributed by atoms with E-state index in [1.54, 1.807) is 0 Å². The van der Waals surface area contributed by atoms with Crippen molar-refractivity contribution in [2.45, 2.75) is 270 Å². The molecule has 0 aliphatic rings. The summed E-state index contributed by atoms with van der Waals surface area (Å²) < 4.78 is 30.6. The average Bonchev–Trinajstić information content (AvgIpc) is 3.36. The van der Waals surface area contributed by atoms with E-state index < -0.39 is 20.0 Å². The number of nitrogens with one attached hydrogen (secondary N) is 1. The zero-order valence-corrected chi connectivity index (χ0v) is 49.7. The monoisotopic (exact) mass is 1060 g/mol. The Bertz CT molecular complexity index is 1540. The van der Waals surface area contributed by atoms with Gasteiger partial charge in [-0.2, -0.15) is 0 Å². The van der Waals surface area contributed by atoms with Gasteiger partial charge in [-0.1, -0.05) is 222 Å². The number of phosphoric ester groups is 1. The van der Waals surface area contributed by atoms with E-state index in [0.717, 1.165) is 96.3 Å². The summed E-state index contributed by atoms with van der Waals surface area (Å²) in [4.78, 5) is 37.7. The van der Waals surface area contributed by atoms with Gasteiger partial charge in [0.2, 0.25) is 5.91 Å². The number of hydrogen-bond acceptors (Lipinski definition) is 6. The molecule has 0 aliphatic heterocycles. The van der Waals surface area contributed by atoms with E-state index in [1.807, 2.05) is 33.3 Å². The van der Waals surface area contributed by atoms with Gasteiger partial charge in [-0.3, -0.25) is 18.6 Å². The van der Waals surface area contributed by atoms with Crippen molar-refractivity contribution in [2.75, 3.05) is 40.9 Å². The first-order chi connectivity index (χ1) is 35.9. The van der Waals surface area contributed by atoms with Gasteiger partial charge >= 0.3 is 13.8 Å². The van der Waals surface area contributed by atoms with Gasteiger partial charge in [0.15, 0.2) is 0 Å². The van der Waals surface area contributed by atoms with Crippen LogP contribution in [0.3, 0.4) is 0 Å². The normalized spacial score (nSPS) is 14.3. The quantitative estimate of drug-likeness (QED) is 0.0205. The Morgan fingerprint density at radius 2 is 0.824 bits per heavy atom. The summed E-state index contributed by atoms with van der Waals surface area (Å²) in [6.07, 6.45) is 70.0. The highest BCUT2D eigenvalue weighted by molar-refractivity contribution is 7.47. The van der Waals surface area contributed by atoms with Gasteiger partial charge in [0.1, 0.15) is 19.3 Å². The number of nitrogens with zero attached hydrogens (tertiary/aromatic N) is 1. The molecule has 428 valence electrons. The second-order valence-corrected chi connectivity index (χ2v) is 23.0. The third-order valence-electron chi connectivity index (χ3n) is 13.1. The molecule has 0 bridgehead atoms. The number of allylic oxidation sites excluding steroid dienone is 13. The van der Waals surface area contributed by atoms with Crippen molar-refractivity contribution in [1.29, 1.82) is 0 Å². The smallest absolute Gasteiger partial charge is 0.456 e. The highest BCUT2D eigenvalue weighted by Gasteiger charge is 2.30. The maximum atomic E-state index is 13.5. The van der Waals surface area contributed by atoms with Gasteiger partial charge < -0.3 is 19.4 Å². The molecule has 0 aromatic heterocycles. The molecule has 0 saturated heterocycles. The number of unbranched alkanes of at least 4 members (excludes halogenated alkanes) is 26. The Morgan fingerprint density at radius 1 is 0.473 bits per heavy atom. The molecule has 0 aliphatic carbocycles. The summed E-state index contributed by atoms with van der Waals surface area (Å²) in [6.45, 7) is 6.93. The summed E-state index contributed by atoms with van der Waals surface area (Å²) in [6, 6.07) is -0.869. The van der Waals surface area contributed by atoms with Crippen LogP contribution in [0.1, 0.15) is 258 Å². The number of esters is 1. The number of quaternary nitrogens is 1. The molecular weight excluding hydrogens is 940 g/mol. The molecule has 3 atom stereocenters. The highest BCUT2D eigenvalue weighted by Crippen LogP contribution is 2.43. The lowest BCUT2D eigenvalue weighted by molar-refractivity contribution is -0.870. The lowest BCUT2D eigenvalue weighted by Gasteiger charge is -2.27. The van der Waals surface area contributed by atoms with Crippen molar-refractivity contribution in [3.8, 4) is 0 Å². The number of rotatable bonds is 54. The van der Waals surface area contributed by atoms with E-state index in [9.17, 15) is 19.0 Å². The number of ether oxygens (including phenoxy) is 1. The van der Waals surface area contributed by atoms with Crippen molar-refractivity contribution in [3.05, 3.63) is 85.1 Å². The largest absolute Gasteiger partial charge is 0.472 e. The molecule has 0 rings (SSSR count). The van der Waals surface area contributed by atoms with Gasteiger partial charge in [-0.25, -0.2) is 4.57 Å². The first kappa shape index (κ1) is 71.2. The van der Waals surface area contributed by atoms with Gasteiger partial charge in [-0.05, 0) is 109 Å². The lowest BCUT2D eigenvalue weighted by Crippen LogP contribution is -2.47. The van der Waals surface area contributed by atoms with Crippen LogP contribution in [-0.2, 0) is 27.9 Å². The minimum atomic E-state index is -4.46. The number of amides is 1. The molecular formula is C64H116N2O7P+. The average molecular weight is 1060 g/mol. The van der Waals surface area contributed by atoms with Crippen LogP contribution < -0.4 is 5.32 Å². The molecule has 9 nitrogen and oxygen atoms in total. The minimum absolute atomic E-state index is 0.0298. The van der Waals surface area contributed by atoms with Crippen LogP contribution in [-0.4, -0.2) is 74.3 Å². The number of likely N-dealkylation sites (N-methyl/N-ethyl adjacent to an activating group) is 1. The fraction of sp³-hybridized carbons (Fsp3) is 0.750. The summed E-state index contributed by atoms with van der Waals surface area (Å²) in [7, 11) is 1.46. The zero-order chi connectivity index (χ0) is 54.3. The Morgan fingerprint density at radius 3 is 1.27 bits per heavy atom. The van der Waals surface area contributed by atoms with Gasteiger partial charge in [0, 0.05) is 12.8 Å². The Balaban J connectivity index is 5.37. The maximum absolute atomic E-state index is 13.5. The Labute approximate surface area is 456 Å². The molecule has 0 saturated carbocycles. The Kier molecular flexibility index (Phi) is 51.5. The molecule has 0 radical (unpaired) electrons. The van der Waals surface area contributed by atoms with E-state index in [0.29, 0.717) is 23.9 Å². The first-order valence-electron chi connectivity index (χ1n) is 30.4. The van der Waals surface area contributed by atoms with Crippen LogP contribution in [0.4, 0.5) is 0 Å². The van der Waals surface area contributed by atoms with Crippen molar-refractivity contribution < 1.29 is 37.3 Å². The predicted molar refractivity (Wildman–Crippen MR) is 318 cm³/mol. The summed E-state index contributed by atoms with van der Waals surface area (Å²) in [5, 5.41) is 3.04. The molecule has 0 spiro atoms. The molecule has 1 amide bonds. The Hall–Kier alpha value is -2.81. The van der Waals surface area contributed by atoms with E-state index in [-0.39, 0.29) is 31.5 Å². The highest BCUT2D eigenvalue weighted by atomic mass is 31.2. The maximum Gasteiger partial charge on any atom is 0.472 e. The summed E-state index contributed by atoms with van der Waals surface area (Å²) >= 11 is 0. The number of phosphoric acid groups is 1. The predicted octanol–water partition coefficient (Wildman–Crippen LogP) is 18.6. The molecule has 74 heavy (non-hydrogen) atoms. The van der Waals surface area contributed by atoms with E-state index >= 15 is 0 Å². The van der Waals surface area contributed by atoms with Crippen LogP contribution in [0.25, 0.3) is 0 Å². The topological polar surface area (TPSA) is 111 Å². The number of carbonyl (C=O) groups is 2. The standard InChI is InChI=1S/C64H115N2O7P/c1-7-10-13-16-19-22-25-28-30-32-33-35-37-39-42-45-48-51-54-57-64(68)73-62(55-52-49-46-43-40-27-24-21-18-15-12-9-3)61(60-72-74(69,70)71-59-58-66(4,5)6)65-63(67)56-53-50-47-44-41-38-36-34-31-29-26-23-20-17-14-11-8-2/h19-20,22-23,28-31,33,35,39,42,52,55,61-62H,7-18,21,24-27,32,34,36-38,40-41,43-51,53-54,56-60H2,1-6H3,(H-,65,67,69,70)/p+1/b22-19-,23-20-,30-28-,31-29-,35-33-,42-39-,55-52+. The van der Waals surface area contributed by atoms with Gasteiger partial charge in [0.05, 0.1) is 33.8 Å². The van der Waals surface area contributed by atoms with Crippen LogP contribution >= 0.6 is 7.82 Å². The van der Waals surface area contributed by atoms with Crippen LogP contribution in [0.15, 0.2) is 85.1 Å². The van der Waals surface area contributed by atoms with Crippen LogP contribution in [0.5, 0.6) is 0 Å². The summed E-state index contributed by atoms with van der Waals surface area (Å²) in [5.41, 5.74) is 0. The third-order valence-corrected chi connectivity index (χ3v) is 14.0. The molecule has 0 aromatic carbocycles. The molecule has 0 aromatic rings. The fourth-order valence-corrected chi connectivity index (χ4v) is 9.04. The number of carbonyl (C=O) groups excluding carboxylic acids is 2. The first-order valence-corrected chi connectivity index (χ1v) is 31.9. The van der Waals surface area contributed by atoms with E-state index in [2.05, 4.69) is 99.0 Å². The van der Waals surface area contributed by atoms with Gasteiger partial charge in [0.25, 0.3) is 0 Å². The van der Waals surface area contributed by atoms with Crippen molar-refractivity contribution in [1.82, 2.24) is 5.32 Å². The van der Waals surface area contributed by atoms with Gasteiger partial charge in [-0.15, -0.1) is 0 Å². The molecule has 2 N–H and O–H groups in total. The van der Waals surface area contributed by atoms with Crippen LogP contribution in [0, 0.1) is 0 Å². The van der Waals surface area contributed by atoms with E-state index in [1.165, 1.54) is 122 Å². The van der Waals surface area contributed by atoms with Crippen molar-refractivity contribution in [3.63, 3.8) is 0 Å². The zero-order valence-electron chi connectivity index (χ0n) is 48.8. The molecule has 3 unspecified atom stereocenters. The fourth-order valence-electron chi connectivity index (χ4n) is 8.31. The molecule has 10 heteroatoms. The van der Waals surface area contributed by atoms with Crippen LogP contribution in [0.2, 0.25) is 0 Å². The third kappa shape index (κ3) is 54.0. The lowest BCUT2D eigenvalue weighted by atomic mass is 10.0. The molecule has 0 heterocycles. The second-order valence-electron chi connectivity index (χ2n) is 21.5. The second kappa shape index (κ2) is 53.6. The van der Waals surface area contributed by atoms with Crippen molar-refractivity contribution >= 4 is 19.7 Å². The minimum Gasteiger partial charge on any atom is -0.456 e. The molecule has 0 fully saturated rings. The number of hydrogen-bond donors (Lipinski definition) is 2. The van der Waals surface area contributed by atoms with Crippen molar-refractivity contribution in [2.24, 2.45) is 0 Å². The summed E-state index contributed by atoms with van der Waals surface area (Å²) in [5.74, 6) is -0.552.